The number of furan rings is 1. The van der Waals surface area contributed by atoms with Gasteiger partial charge in [0.05, 0.1) is 35.0 Å². The summed E-state index contributed by atoms with van der Waals surface area (Å²) in [5.74, 6) is 0.894. The van der Waals surface area contributed by atoms with Crippen molar-refractivity contribution in [1.29, 1.82) is 5.26 Å². The van der Waals surface area contributed by atoms with Gasteiger partial charge in [-0.15, -0.1) is 0 Å². The maximum atomic E-state index is 13.0. The molecule has 3 heterocycles. The van der Waals surface area contributed by atoms with Gasteiger partial charge in [-0.1, -0.05) is 23.9 Å². The Morgan fingerprint density at radius 3 is 2.68 bits per heavy atom. The Morgan fingerprint density at radius 1 is 1.24 bits per heavy atom. The smallest absolute Gasteiger partial charge is 0.262 e. The van der Waals surface area contributed by atoms with Crippen molar-refractivity contribution < 1.29 is 9.21 Å². The fraction of sp³-hybridized carbons (Fsp3) is 0.280. The van der Waals surface area contributed by atoms with Gasteiger partial charge in [0, 0.05) is 11.7 Å². The van der Waals surface area contributed by atoms with Crippen LogP contribution in [-0.4, -0.2) is 25.8 Å². The molecule has 4 aromatic rings. The molecule has 9 heteroatoms. The first-order valence-corrected chi connectivity index (χ1v) is 11.9. The molecule has 34 heavy (non-hydrogen) atoms. The number of carbonyl (C=O) groups excluding carboxylic acids is 1. The molecule has 4 rings (SSSR count). The molecule has 0 unspecified atom stereocenters. The molecule has 3 aromatic heterocycles. The van der Waals surface area contributed by atoms with Crippen LogP contribution in [0.4, 0.5) is 5.82 Å². The number of nitrogens with one attached hydrogen (secondary N) is 1. The standard InChI is InChI=1S/C25H25N5O3S/c1-15(2)30-24(32)19-9-5-6-10-21(19)27-25(30)34-14-22(31)28-23-20(12-26)16(3)17(4)29(23)13-18-8-7-11-33-18/h5-11,15H,13-14H2,1-4H3,(H,28,31). The number of hydrogen-bond donors (Lipinski definition) is 1. The molecule has 0 bridgehead atoms. The van der Waals surface area contributed by atoms with Crippen LogP contribution in [0.25, 0.3) is 10.9 Å². The van der Waals surface area contributed by atoms with Crippen molar-refractivity contribution in [2.24, 2.45) is 0 Å². The number of aromatic nitrogens is 3. The molecule has 0 aliphatic carbocycles. The number of carbonyl (C=O) groups is 1. The zero-order chi connectivity index (χ0) is 24.4. The van der Waals surface area contributed by atoms with E-state index in [1.165, 1.54) is 11.8 Å². The summed E-state index contributed by atoms with van der Waals surface area (Å²) in [6.07, 6.45) is 1.59. The summed E-state index contributed by atoms with van der Waals surface area (Å²) < 4.78 is 8.94. The highest BCUT2D eigenvalue weighted by Crippen LogP contribution is 2.28. The maximum absolute atomic E-state index is 13.0. The Bertz CT molecular complexity index is 1460. The van der Waals surface area contributed by atoms with Crippen molar-refractivity contribution in [1.82, 2.24) is 14.1 Å². The Balaban J connectivity index is 1.61. The van der Waals surface area contributed by atoms with Crippen LogP contribution >= 0.6 is 11.8 Å². The van der Waals surface area contributed by atoms with Crippen molar-refractivity contribution >= 4 is 34.4 Å². The first kappa shape index (κ1) is 23.4. The van der Waals surface area contributed by atoms with Gasteiger partial charge >= 0.3 is 0 Å². The second kappa shape index (κ2) is 9.61. The van der Waals surface area contributed by atoms with Gasteiger partial charge < -0.3 is 14.3 Å². The van der Waals surface area contributed by atoms with Gasteiger partial charge in [0.2, 0.25) is 5.91 Å². The van der Waals surface area contributed by atoms with Crippen LogP contribution in [-0.2, 0) is 11.3 Å². The minimum absolute atomic E-state index is 0.0341. The van der Waals surface area contributed by atoms with Crippen molar-refractivity contribution in [3.63, 3.8) is 0 Å². The summed E-state index contributed by atoms with van der Waals surface area (Å²) in [4.78, 5) is 30.6. The number of anilines is 1. The van der Waals surface area contributed by atoms with Gasteiger partial charge in [-0.05, 0) is 57.5 Å². The monoisotopic (exact) mass is 475 g/mol. The quantitative estimate of drug-likeness (QED) is 0.308. The second-order valence-corrected chi connectivity index (χ2v) is 9.17. The summed E-state index contributed by atoms with van der Waals surface area (Å²) in [7, 11) is 0. The van der Waals surface area contributed by atoms with Crippen molar-refractivity contribution in [3.05, 3.63) is 75.6 Å². The van der Waals surface area contributed by atoms with Crippen LogP contribution in [0.1, 0.15) is 42.5 Å². The first-order valence-electron chi connectivity index (χ1n) is 10.9. The van der Waals surface area contributed by atoms with Crippen LogP contribution in [0.2, 0.25) is 0 Å². The summed E-state index contributed by atoms with van der Waals surface area (Å²) >= 11 is 1.20. The van der Waals surface area contributed by atoms with E-state index in [9.17, 15) is 14.9 Å². The number of thioether (sulfide) groups is 1. The lowest BCUT2D eigenvalue weighted by atomic mass is 10.2. The summed E-state index contributed by atoms with van der Waals surface area (Å²) in [6, 6.07) is 12.9. The van der Waals surface area contributed by atoms with E-state index in [0.29, 0.717) is 39.7 Å². The molecule has 174 valence electrons. The van der Waals surface area contributed by atoms with Crippen LogP contribution < -0.4 is 10.9 Å². The Kier molecular flexibility index (Phi) is 6.61. The number of fused-ring (bicyclic) bond motifs is 1. The second-order valence-electron chi connectivity index (χ2n) is 8.23. The number of nitrogens with zero attached hydrogens (tertiary/aromatic N) is 4. The highest BCUT2D eigenvalue weighted by Gasteiger charge is 2.21. The SMILES string of the molecule is Cc1c(C#N)c(NC(=O)CSc2nc3ccccc3c(=O)n2C(C)C)n(Cc2ccco2)c1C. The lowest BCUT2D eigenvalue weighted by molar-refractivity contribution is -0.113. The molecule has 0 fully saturated rings. The molecule has 8 nitrogen and oxygen atoms in total. The molecular weight excluding hydrogens is 450 g/mol. The molecule has 1 N–H and O–H groups in total. The van der Waals surface area contributed by atoms with E-state index in [1.807, 2.05) is 50.5 Å². The molecule has 1 aromatic carbocycles. The number of amides is 1. The van der Waals surface area contributed by atoms with Crippen molar-refractivity contribution in [2.75, 3.05) is 11.1 Å². The minimum Gasteiger partial charge on any atom is -0.467 e. The normalized spacial score (nSPS) is 11.2. The fourth-order valence-electron chi connectivity index (χ4n) is 3.87. The van der Waals surface area contributed by atoms with Gasteiger partial charge in [0.15, 0.2) is 5.16 Å². The first-order chi connectivity index (χ1) is 16.3. The number of rotatable bonds is 7. The molecule has 0 spiro atoms. The molecule has 0 radical (unpaired) electrons. The van der Waals surface area contributed by atoms with Gasteiger partial charge in [-0.25, -0.2) is 4.98 Å². The fourth-order valence-corrected chi connectivity index (χ4v) is 4.80. The lowest BCUT2D eigenvalue weighted by Crippen LogP contribution is -2.26. The minimum atomic E-state index is -0.294. The van der Waals surface area contributed by atoms with Crippen molar-refractivity contribution in [3.8, 4) is 6.07 Å². The third-order valence-electron chi connectivity index (χ3n) is 5.72. The number of hydrogen-bond acceptors (Lipinski definition) is 6. The largest absolute Gasteiger partial charge is 0.467 e. The van der Waals surface area contributed by atoms with E-state index in [4.69, 9.17) is 4.42 Å². The average molecular weight is 476 g/mol. The molecular formula is C25H25N5O3S. The summed E-state index contributed by atoms with van der Waals surface area (Å²) in [5, 5.41) is 13.6. The number of benzene rings is 1. The van der Waals surface area contributed by atoms with Gasteiger partial charge in [0.25, 0.3) is 5.56 Å². The lowest BCUT2D eigenvalue weighted by Gasteiger charge is -2.16. The zero-order valence-corrected chi connectivity index (χ0v) is 20.3. The summed E-state index contributed by atoms with van der Waals surface area (Å²) in [5.41, 5.74) is 2.57. The van der Waals surface area contributed by atoms with Gasteiger partial charge in [-0.2, -0.15) is 5.26 Å². The van der Waals surface area contributed by atoms with Crippen LogP contribution in [0, 0.1) is 25.2 Å². The molecule has 0 atom stereocenters. The Hall–Kier alpha value is -3.77. The van der Waals surface area contributed by atoms with E-state index in [0.717, 1.165) is 11.3 Å². The average Bonchev–Trinajstić information content (AvgIpc) is 3.40. The maximum Gasteiger partial charge on any atom is 0.262 e. The van der Waals surface area contributed by atoms with E-state index in [1.54, 1.807) is 29.0 Å². The van der Waals surface area contributed by atoms with Crippen molar-refractivity contribution in [2.45, 2.75) is 45.4 Å². The van der Waals surface area contributed by atoms with Crippen LogP contribution in [0.3, 0.4) is 0 Å². The van der Waals surface area contributed by atoms with Crippen LogP contribution in [0.5, 0.6) is 0 Å². The number of nitriles is 1. The highest BCUT2D eigenvalue weighted by atomic mass is 32.2. The predicted octanol–water partition coefficient (Wildman–Crippen LogP) is 4.64. The van der Waals surface area contributed by atoms with E-state index in [2.05, 4.69) is 16.4 Å². The topological polar surface area (TPSA) is 106 Å². The Labute approximate surface area is 201 Å². The van der Waals surface area contributed by atoms with Crippen LogP contribution in [0.15, 0.2) is 57.0 Å². The molecule has 0 saturated heterocycles. The third kappa shape index (κ3) is 4.37. The van der Waals surface area contributed by atoms with Gasteiger partial charge in [0.1, 0.15) is 17.6 Å². The van der Waals surface area contributed by atoms with E-state index < -0.39 is 0 Å². The predicted molar refractivity (Wildman–Crippen MR) is 132 cm³/mol. The molecule has 0 saturated carbocycles. The number of para-hydroxylation sites is 1. The van der Waals surface area contributed by atoms with E-state index in [-0.39, 0.29) is 23.3 Å². The molecule has 1 amide bonds. The van der Waals surface area contributed by atoms with Gasteiger partial charge in [-0.3, -0.25) is 14.2 Å². The Morgan fingerprint density at radius 2 is 2.00 bits per heavy atom. The third-order valence-corrected chi connectivity index (χ3v) is 6.67. The highest BCUT2D eigenvalue weighted by molar-refractivity contribution is 7.99. The van der Waals surface area contributed by atoms with E-state index >= 15 is 0 Å². The zero-order valence-electron chi connectivity index (χ0n) is 19.5. The summed E-state index contributed by atoms with van der Waals surface area (Å²) in [6.45, 7) is 7.98. The molecule has 0 aliphatic heterocycles. The molecule has 0 aliphatic rings.